The van der Waals surface area contributed by atoms with Gasteiger partial charge in [0.15, 0.2) is 0 Å². The highest BCUT2D eigenvalue weighted by molar-refractivity contribution is 7.13. The maximum Gasteiger partial charge on any atom is 0.201 e. The van der Waals surface area contributed by atoms with E-state index in [1.165, 1.54) is 23.5 Å². The van der Waals surface area contributed by atoms with Gasteiger partial charge >= 0.3 is 0 Å². The van der Waals surface area contributed by atoms with Crippen LogP contribution in [0.3, 0.4) is 0 Å². The molecular weight excluding hydrogens is 241 g/mol. The van der Waals surface area contributed by atoms with Crippen LogP contribution in [-0.4, -0.2) is 19.2 Å². The lowest BCUT2D eigenvalue weighted by Gasteiger charge is -2.09. The number of hydrogen-bond donors (Lipinski definition) is 0. The molecule has 17 heavy (non-hydrogen) atoms. The molecule has 5 heteroatoms. The second kappa shape index (κ2) is 5.35. The van der Waals surface area contributed by atoms with Crippen molar-refractivity contribution in [1.29, 1.82) is 0 Å². The minimum absolute atomic E-state index is 0.253. The van der Waals surface area contributed by atoms with Crippen LogP contribution in [-0.2, 0) is 9.47 Å². The summed E-state index contributed by atoms with van der Waals surface area (Å²) < 4.78 is 23.0. The number of methoxy groups -OCH3 is 2. The van der Waals surface area contributed by atoms with Crippen molar-refractivity contribution in [1.82, 2.24) is 4.98 Å². The molecule has 0 aliphatic rings. The lowest BCUT2D eigenvalue weighted by atomic mass is 10.2. The van der Waals surface area contributed by atoms with Gasteiger partial charge in [0.1, 0.15) is 16.5 Å². The van der Waals surface area contributed by atoms with Crippen LogP contribution in [0, 0.1) is 5.82 Å². The number of nitrogens with zero attached hydrogens (tertiary/aromatic N) is 1. The summed E-state index contributed by atoms with van der Waals surface area (Å²) in [6, 6.07) is 6.24. The van der Waals surface area contributed by atoms with Crippen molar-refractivity contribution >= 4 is 11.3 Å². The number of hydrogen-bond acceptors (Lipinski definition) is 4. The van der Waals surface area contributed by atoms with E-state index in [0.29, 0.717) is 0 Å². The average Bonchev–Trinajstić information content (AvgIpc) is 2.81. The second-order valence-corrected chi connectivity index (χ2v) is 4.25. The van der Waals surface area contributed by atoms with Gasteiger partial charge in [-0.1, -0.05) is 0 Å². The van der Waals surface area contributed by atoms with Crippen molar-refractivity contribution in [2.24, 2.45) is 0 Å². The zero-order valence-electron chi connectivity index (χ0n) is 9.51. The Kier molecular flexibility index (Phi) is 3.83. The van der Waals surface area contributed by atoms with Gasteiger partial charge < -0.3 is 9.47 Å². The first kappa shape index (κ1) is 12.2. The minimum atomic E-state index is -0.458. The van der Waals surface area contributed by atoms with Crippen LogP contribution in [0.2, 0.25) is 0 Å². The standard InChI is InChI=1S/C12H12FNO2S/c1-15-12(16-2)10-7-17-11(14-10)8-3-5-9(13)6-4-8/h3-7,12H,1-2H3. The third-order valence-corrected chi connectivity index (χ3v) is 3.19. The van der Waals surface area contributed by atoms with E-state index < -0.39 is 6.29 Å². The van der Waals surface area contributed by atoms with E-state index >= 15 is 0 Å². The third-order valence-electron chi connectivity index (χ3n) is 2.28. The van der Waals surface area contributed by atoms with Gasteiger partial charge in [-0.15, -0.1) is 11.3 Å². The first-order valence-electron chi connectivity index (χ1n) is 5.01. The van der Waals surface area contributed by atoms with Gasteiger partial charge in [0.25, 0.3) is 0 Å². The van der Waals surface area contributed by atoms with E-state index in [9.17, 15) is 4.39 Å². The Morgan fingerprint density at radius 1 is 1.18 bits per heavy atom. The molecule has 0 spiro atoms. The van der Waals surface area contributed by atoms with E-state index in [1.807, 2.05) is 5.38 Å². The number of benzene rings is 1. The van der Waals surface area contributed by atoms with Crippen LogP contribution in [0.15, 0.2) is 29.6 Å². The van der Waals surface area contributed by atoms with E-state index in [1.54, 1.807) is 26.4 Å². The molecule has 1 aromatic heterocycles. The van der Waals surface area contributed by atoms with Gasteiger partial charge in [-0.25, -0.2) is 9.37 Å². The maximum atomic E-state index is 12.8. The van der Waals surface area contributed by atoms with Crippen molar-refractivity contribution in [2.75, 3.05) is 14.2 Å². The zero-order valence-corrected chi connectivity index (χ0v) is 10.3. The van der Waals surface area contributed by atoms with Crippen LogP contribution < -0.4 is 0 Å². The van der Waals surface area contributed by atoms with Crippen LogP contribution >= 0.6 is 11.3 Å². The molecule has 0 saturated heterocycles. The molecule has 0 fully saturated rings. The van der Waals surface area contributed by atoms with Crippen molar-refractivity contribution in [3.63, 3.8) is 0 Å². The Morgan fingerprint density at radius 2 is 1.82 bits per heavy atom. The second-order valence-electron chi connectivity index (χ2n) is 3.39. The van der Waals surface area contributed by atoms with Crippen molar-refractivity contribution < 1.29 is 13.9 Å². The molecule has 0 unspecified atom stereocenters. The number of thiazole rings is 1. The van der Waals surface area contributed by atoms with Gasteiger partial charge in [-0.2, -0.15) is 0 Å². The fourth-order valence-electron chi connectivity index (χ4n) is 1.46. The van der Waals surface area contributed by atoms with E-state index in [2.05, 4.69) is 4.98 Å². The molecular formula is C12H12FNO2S. The fourth-order valence-corrected chi connectivity index (χ4v) is 2.28. The highest BCUT2D eigenvalue weighted by Gasteiger charge is 2.13. The molecule has 0 saturated carbocycles. The first-order valence-corrected chi connectivity index (χ1v) is 5.89. The summed E-state index contributed by atoms with van der Waals surface area (Å²) in [5, 5.41) is 2.69. The van der Waals surface area contributed by atoms with E-state index in [0.717, 1.165) is 16.3 Å². The quantitative estimate of drug-likeness (QED) is 0.784. The Hall–Kier alpha value is -1.30. The smallest absolute Gasteiger partial charge is 0.201 e. The van der Waals surface area contributed by atoms with Gasteiger partial charge in [-0.3, -0.25) is 0 Å². The Balaban J connectivity index is 2.26. The van der Waals surface area contributed by atoms with Crippen molar-refractivity contribution in [2.45, 2.75) is 6.29 Å². The summed E-state index contributed by atoms with van der Waals surface area (Å²) in [7, 11) is 3.12. The molecule has 2 aromatic rings. The minimum Gasteiger partial charge on any atom is -0.350 e. The first-order chi connectivity index (χ1) is 8.24. The molecule has 0 radical (unpaired) electrons. The molecule has 1 heterocycles. The normalized spacial score (nSPS) is 11.1. The molecule has 0 atom stereocenters. The number of rotatable bonds is 4. The molecule has 0 aliphatic carbocycles. The topological polar surface area (TPSA) is 31.4 Å². The highest BCUT2D eigenvalue weighted by atomic mass is 32.1. The van der Waals surface area contributed by atoms with Crippen molar-refractivity contribution in [3.05, 3.63) is 41.2 Å². The van der Waals surface area contributed by atoms with Crippen LogP contribution in [0.5, 0.6) is 0 Å². The predicted molar refractivity (Wildman–Crippen MR) is 64.3 cm³/mol. The Bertz CT molecular complexity index is 480. The van der Waals surface area contributed by atoms with Gasteiger partial charge in [-0.05, 0) is 24.3 Å². The number of ether oxygens (including phenoxy) is 2. The fraction of sp³-hybridized carbons (Fsp3) is 0.250. The van der Waals surface area contributed by atoms with Gasteiger partial charge in [0.05, 0.1) is 0 Å². The number of aromatic nitrogens is 1. The van der Waals surface area contributed by atoms with Gasteiger partial charge in [0.2, 0.25) is 6.29 Å². The summed E-state index contributed by atoms with van der Waals surface area (Å²) in [6.45, 7) is 0. The average molecular weight is 253 g/mol. The molecule has 90 valence electrons. The third kappa shape index (κ3) is 2.69. The molecule has 0 aliphatic heterocycles. The summed E-state index contributed by atoms with van der Waals surface area (Å²) in [6.07, 6.45) is -0.458. The summed E-state index contributed by atoms with van der Waals surface area (Å²) >= 11 is 1.47. The molecule has 0 bridgehead atoms. The highest BCUT2D eigenvalue weighted by Crippen LogP contribution is 2.27. The number of halogens is 1. The summed E-state index contributed by atoms with van der Waals surface area (Å²) in [5.74, 6) is -0.253. The van der Waals surface area contributed by atoms with Crippen molar-refractivity contribution in [3.8, 4) is 10.6 Å². The molecule has 0 N–H and O–H groups in total. The molecule has 0 amide bonds. The van der Waals surface area contributed by atoms with Gasteiger partial charge in [0, 0.05) is 25.2 Å². The lowest BCUT2D eigenvalue weighted by molar-refractivity contribution is -0.108. The molecule has 1 aromatic carbocycles. The van der Waals surface area contributed by atoms with E-state index in [-0.39, 0.29) is 5.82 Å². The Labute approximate surface area is 103 Å². The lowest BCUT2D eigenvalue weighted by Crippen LogP contribution is -2.03. The van der Waals surface area contributed by atoms with Crippen LogP contribution in [0.4, 0.5) is 4.39 Å². The zero-order chi connectivity index (χ0) is 12.3. The predicted octanol–water partition coefficient (Wildman–Crippen LogP) is 3.24. The van der Waals surface area contributed by atoms with Crippen LogP contribution in [0.1, 0.15) is 12.0 Å². The SMILES string of the molecule is COC(OC)c1csc(-c2ccc(F)cc2)n1. The molecule has 3 nitrogen and oxygen atoms in total. The summed E-state index contributed by atoms with van der Waals surface area (Å²) in [4.78, 5) is 4.40. The molecule has 2 rings (SSSR count). The maximum absolute atomic E-state index is 12.8. The van der Waals surface area contributed by atoms with Crippen LogP contribution in [0.25, 0.3) is 10.6 Å². The monoisotopic (exact) mass is 253 g/mol. The largest absolute Gasteiger partial charge is 0.350 e. The summed E-state index contributed by atoms with van der Waals surface area (Å²) in [5.41, 5.74) is 1.60. The van der Waals surface area contributed by atoms with E-state index in [4.69, 9.17) is 9.47 Å². The Morgan fingerprint density at radius 3 is 2.41 bits per heavy atom.